The Morgan fingerprint density at radius 2 is 1.81 bits per heavy atom. The van der Waals surface area contributed by atoms with Gasteiger partial charge in [0.05, 0.1) is 0 Å². The van der Waals surface area contributed by atoms with Gasteiger partial charge in [-0.05, 0) is 53.6 Å². The lowest BCUT2D eigenvalue weighted by molar-refractivity contribution is 0.0710. The van der Waals surface area contributed by atoms with Crippen molar-refractivity contribution in [3.8, 4) is 11.1 Å². The summed E-state index contributed by atoms with van der Waals surface area (Å²) >= 11 is 0. The SMILES string of the molecule is O=C(c1ccc2c(c1)Cc1ccccc1-2)N1CCC(C2=NC=CC2)CC1. The van der Waals surface area contributed by atoms with Crippen molar-refractivity contribution in [2.24, 2.45) is 10.9 Å². The minimum atomic E-state index is 0.175. The Kier molecular flexibility index (Phi) is 3.74. The van der Waals surface area contributed by atoms with Gasteiger partial charge in [0.2, 0.25) is 0 Å². The Morgan fingerprint density at radius 3 is 2.62 bits per heavy atom. The molecule has 1 aliphatic carbocycles. The van der Waals surface area contributed by atoms with E-state index in [-0.39, 0.29) is 5.91 Å². The quantitative estimate of drug-likeness (QED) is 0.676. The monoisotopic (exact) mass is 342 g/mol. The van der Waals surface area contributed by atoms with Crippen LogP contribution in [-0.2, 0) is 6.42 Å². The summed E-state index contributed by atoms with van der Waals surface area (Å²) in [6, 6.07) is 14.8. The summed E-state index contributed by atoms with van der Waals surface area (Å²) < 4.78 is 0. The number of amides is 1. The molecule has 0 unspecified atom stereocenters. The number of nitrogens with zero attached hydrogens (tertiary/aromatic N) is 2. The number of benzene rings is 2. The molecule has 0 atom stereocenters. The lowest BCUT2D eigenvalue weighted by Crippen LogP contribution is -2.40. The van der Waals surface area contributed by atoms with Crippen molar-refractivity contribution < 1.29 is 4.79 Å². The number of hydrogen-bond acceptors (Lipinski definition) is 2. The van der Waals surface area contributed by atoms with Crippen molar-refractivity contribution in [2.75, 3.05) is 13.1 Å². The first-order valence-electron chi connectivity index (χ1n) is 9.51. The summed E-state index contributed by atoms with van der Waals surface area (Å²) in [7, 11) is 0. The highest BCUT2D eigenvalue weighted by molar-refractivity contribution is 5.96. The van der Waals surface area contributed by atoms with Crippen LogP contribution in [0.25, 0.3) is 11.1 Å². The van der Waals surface area contributed by atoms with Gasteiger partial charge in [-0.25, -0.2) is 0 Å². The molecule has 130 valence electrons. The van der Waals surface area contributed by atoms with Gasteiger partial charge in [0, 0.05) is 42.9 Å². The maximum atomic E-state index is 13.0. The topological polar surface area (TPSA) is 32.7 Å². The van der Waals surface area contributed by atoms with Crippen molar-refractivity contribution in [3.63, 3.8) is 0 Å². The van der Waals surface area contributed by atoms with E-state index >= 15 is 0 Å². The van der Waals surface area contributed by atoms with E-state index in [1.165, 1.54) is 28.0 Å². The third-order valence-corrected chi connectivity index (χ3v) is 5.97. The molecule has 0 bridgehead atoms. The molecule has 0 N–H and O–H groups in total. The standard InChI is InChI=1S/C23H22N2O/c26-23(25-12-9-16(10-13-25)22-6-3-11-24-22)18-7-8-21-19(15-18)14-17-4-1-2-5-20(17)21/h1-5,7-8,11,15-16H,6,9-10,12-14H2. The predicted molar refractivity (Wildman–Crippen MR) is 105 cm³/mol. The zero-order chi connectivity index (χ0) is 17.5. The number of hydrogen-bond donors (Lipinski definition) is 0. The van der Waals surface area contributed by atoms with Crippen molar-refractivity contribution in [3.05, 3.63) is 71.4 Å². The van der Waals surface area contributed by atoms with Crippen LogP contribution in [0.15, 0.2) is 59.7 Å². The fourth-order valence-electron chi connectivity index (χ4n) is 4.52. The van der Waals surface area contributed by atoms with E-state index in [1.54, 1.807) is 0 Å². The van der Waals surface area contributed by atoms with Crippen molar-refractivity contribution in [1.29, 1.82) is 0 Å². The normalized spacial score (nSPS) is 18.6. The fourth-order valence-corrected chi connectivity index (χ4v) is 4.52. The minimum absolute atomic E-state index is 0.175. The van der Waals surface area contributed by atoms with Gasteiger partial charge in [0.1, 0.15) is 0 Å². The van der Waals surface area contributed by atoms with Gasteiger partial charge in [-0.2, -0.15) is 0 Å². The smallest absolute Gasteiger partial charge is 0.253 e. The van der Waals surface area contributed by atoms with Crippen LogP contribution in [0.4, 0.5) is 0 Å². The van der Waals surface area contributed by atoms with E-state index in [0.717, 1.165) is 44.3 Å². The van der Waals surface area contributed by atoms with E-state index < -0.39 is 0 Å². The van der Waals surface area contributed by atoms with Crippen LogP contribution in [0.1, 0.15) is 40.7 Å². The highest BCUT2D eigenvalue weighted by Crippen LogP contribution is 2.37. The average molecular weight is 342 g/mol. The summed E-state index contributed by atoms with van der Waals surface area (Å²) in [5.74, 6) is 0.720. The van der Waals surface area contributed by atoms with E-state index in [9.17, 15) is 4.79 Å². The van der Waals surface area contributed by atoms with E-state index in [0.29, 0.717) is 5.92 Å². The Balaban J connectivity index is 1.31. The molecule has 5 rings (SSSR count). The van der Waals surface area contributed by atoms with Crippen LogP contribution >= 0.6 is 0 Å². The fraction of sp³-hybridized carbons (Fsp3) is 0.304. The van der Waals surface area contributed by atoms with Crippen molar-refractivity contribution in [2.45, 2.75) is 25.7 Å². The number of carbonyl (C=O) groups excluding carboxylic acids is 1. The van der Waals surface area contributed by atoms with Gasteiger partial charge in [-0.1, -0.05) is 36.4 Å². The molecule has 0 saturated carbocycles. The second-order valence-electron chi connectivity index (χ2n) is 7.48. The molecule has 3 aliphatic rings. The first-order valence-corrected chi connectivity index (χ1v) is 9.51. The number of aliphatic imine (C=N–C) groups is 1. The molecule has 3 heteroatoms. The van der Waals surface area contributed by atoms with Crippen LogP contribution in [0.2, 0.25) is 0 Å². The Bertz CT molecular complexity index is 933. The van der Waals surface area contributed by atoms with Gasteiger partial charge < -0.3 is 4.90 Å². The van der Waals surface area contributed by atoms with Gasteiger partial charge in [0.15, 0.2) is 0 Å². The third-order valence-electron chi connectivity index (χ3n) is 5.97. The lowest BCUT2D eigenvalue weighted by atomic mass is 9.90. The number of piperidine rings is 1. The van der Waals surface area contributed by atoms with Gasteiger partial charge in [-0.3, -0.25) is 9.79 Å². The molecule has 2 aromatic rings. The molecule has 0 radical (unpaired) electrons. The zero-order valence-electron chi connectivity index (χ0n) is 14.8. The molecule has 1 fully saturated rings. The van der Waals surface area contributed by atoms with Gasteiger partial charge in [0.25, 0.3) is 5.91 Å². The molecule has 1 amide bonds. The maximum absolute atomic E-state index is 13.0. The molecule has 0 spiro atoms. The largest absolute Gasteiger partial charge is 0.339 e. The summed E-state index contributed by atoms with van der Waals surface area (Å²) in [6.45, 7) is 1.67. The number of likely N-dealkylation sites (tertiary alicyclic amines) is 1. The van der Waals surface area contributed by atoms with Crippen LogP contribution in [0, 0.1) is 5.92 Å². The first-order chi connectivity index (χ1) is 12.8. The lowest BCUT2D eigenvalue weighted by Gasteiger charge is -2.32. The number of allylic oxidation sites excluding steroid dienone is 1. The van der Waals surface area contributed by atoms with Crippen LogP contribution in [0.3, 0.4) is 0 Å². The Hall–Kier alpha value is -2.68. The molecule has 26 heavy (non-hydrogen) atoms. The number of rotatable bonds is 2. The molecule has 0 aromatic heterocycles. The Labute approximate surface area is 154 Å². The van der Waals surface area contributed by atoms with E-state index in [2.05, 4.69) is 47.5 Å². The van der Waals surface area contributed by atoms with Crippen molar-refractivity contribution in [1.82, 2.24) is 4.90 Å². The number of carbonyl (C=O) groups is 1. The summed E-state index contributed by atoms with van der Waals surface area (Å²) in [5, 5.41) is 0. The van der Waals surface area contributed by atoms with Crippen molar-refractivity contribution >= 4 is 11.6 Å². The van der Waals surface area contributed by atoms with E-state index in [4.69, 9.17) is 0 Å². The third kappa shape index (κ3) is 2.59. The number of fused-ring (bicyclic) bond motifs is 3. The molecular formula is C23H22N2O. The molecule has 2 aromatic carbocycles. The summed E-state index contributed by atoms with van der Waals surface area (Å²) in [6.07, 6.45) is 8.02. The van der Waals surface area contributed by atoms with Gasteiger partial charge >= 0.3 is 0 Å². The minimum Gasteiger partial charge on any atom is -0.339 e. The Morgan fingerprint density at radius 1 is 1.00 bits per heavy atom. The molecule has 1 saturated heterocycles. The second kappa shape index (κ2) is 6.24. The average Bonchev–Trinajstić information content (AvgIpc) is 3.35. The second-order valence-corrected chi connectivity index (χ2v) is 7.48. The van der Waals surface area contributed by atoms with E-state index in [1.807, 2.05) is 17.2 Å². The predicted octanol–water partition coefficient (Wildman–Crippen LogP) is 4.47. The molecule has 2 aliphatic heterocycles. The maximum Gasteiger partial charge on any atom is 0.253 e. The van der Waals surface area contributed by atoms with Crippen LogP contribution < -0.4 is 0 Å². The summed E-state index contributed by atoms with van der Waals surface area (Å²) in [4.78, 5) is 19.5. The summed E-state index contributed by atoms with van der Waals surface area (Å²) in [5.41, 5.74) is 7.36. The van der Waals surface area contributed by atoms with Crippen LogP contribution in [-0.4, -0.2) is 29.6 Å². The van der Waals surface area contributed by atoms with Gasteiger partial charge in [-0.15, -0.1) is 0 Å². The molecular weight excluding hydrogens is 320 g/mol. The molecule has 2 heterocycles. The molecule has 3 nitrogen and oxygen atoms in total. The zero-order valence-corrected chi connectivity index (χ0v) is 14.8. The first kappa shape index (κ1) is 15.6. The van der Waals surface area contributed by atoms with Crippen LogP contribution in [0.5, 0.6) is 0 Å². The highest BCUT2D eigenvalue weighted by atomic mass is 16.2. The highest BCUT2D eigenvalue weighted by Gasteiger charge is 2.27.